The van der Waals surface area contributed by atoms with E-state index in [0.717, 1.165) is 36.2 Å². The van der Waals surface area contributed by atoms with Crippen molar-refractivity contribution in [2.75, 3.05) is 6.54 Å². The summed E-state index contributed by atoms with van der Waals surface area (Å²) in [6.07, 6.45) is 2.29. The van der Waals surface area contributed by atoms with Gasteiger partial charge in [0.15, 0.2) is 0 Å². The van der Waals surface area contributed by atoms with E-state index in [2.05, 4.69) is 17.2 Å². The molecule has 0 radical (unpaired) electrons. The second-order valence-corrected chi connectivity index (χ2v) is 6.22. The van der Waals surface area contributed by atoms with Gasteiger partial charge in [-0.1, -0.05) is 13.0 Å². The highest BCUT2D eigenvalue weighted by Gasteiger charge is 2.14. The predicted octanol–water partition coefficient (Wildman–Crippen LogP) is 3.88. The van der Waals surface area contributed by atoms with Gasteiger partial charge in [-0.3, -0.25) is 0 Å². The van der Waals surface area contributed by atoms with Crippen LogP contribution in [-0.4, -0.2) is 17.6 Å². The molecule has 21 heavy (non-hydrogen) atoms. The number of rotatable bonds is 7. The van der Waals surface area contributed by atoms with Gasteiger partial charge >= 0.3 is 0 Å². The third-order valence-corrected chi connectivity index (χ3v) is 4.11. The Labute approximate surface area is 128 Å². The second kappa shape index (κ2) is 7.61. The molecule has 1 aromatic heterocycles. The van der Waals surface area contributed by atoms with Crippen molar-refractivity contribution in [1.82, 2.24) is 10.3 Å². The molecule has 0 saturated heterocycles. The minimum absolute atomic E-state index is 0.103. The van der Waals surface area contributed by atoms with Crippen LogP contribution < -0.4 is 5.32 Å². The van der Waals surface area contributed by atoms with Gasteiger partial charge < -0.3 is 5.32 Å². The van der Waals surface area contributed by atoms with Gasteiger partial charge in [0.1, 0.15) is 11.6 Å². The van der Waals surface area contributed by atoms with E-state index < -0.39 is 11.6 Å². The van der Waals surface area contributed by atoms with Crippen LogP contribution in [0.4, 0.5) is 8.78 Å². The maximum Gasteiger partial charge on any atom is 0.129 e. The number of aromatic nitrogens is 1. The van der Waals surface area contributed by atoms with Crippen molar-refractivity contribution >= 4 is 11.3 Å². The molecular formula is C16H20F2N2S. The van der Waals surface area contributed by atoms with Crippen molar-refractivity contribution < 1.29 is 8.78 Å². The van der Waals surface area contributed by atoms with Gasteiger partial charge in [-0.2, -0.15) is 0 Å². The number of thiazole rings is 1. The van der Waals surface area contributed by atoms with Crippen molar-refractivity contribution in [3.05, 3.63) is 51.5 Å². The van der Waals surface area contributed by atoms with Gasteiger partial charge in [-0.15, -0.1) is 11.3 Å². The Bertz CT molecular complexity index is 583. The van der Waals surface area contributed by atoms with E-state index in [0.29, 0.717) is 12.0 Å². The average molecular weight is 310 g/mol. The lowest BCUT2D eigenvalue weighted by Crippen LogP contribution is -2.34. The Kier molecular flexibility index (Phi) is 5.82. The molecule has 1 aromatic carbocycles. The highest BCUT2D eigenvalue weighted by atomic mass is 32.1. The molecule has 0 aliphatic heterocycles. The number of hydrogen-bond donors (Lipinski definition) is 1. The zero-order chi connectivity index (χ0) is 15.2. The Morgan fingerprint density at radius 3 is 2.71 bits per heavy atom. The summed E-state index contributed by atoms with van der Waals surface area (Å²) >= 11 is 1.62. The summed E-state index contributed by atoms with van der Waals surface area (Å²) in [6.45, 7) is 4.94. The summed E-state index contributed by atoms with van der Waals surface area (Å²) < 4.78 is 26.8. The van der Waals surface area contributed by atoms with Gasteiger partial charge in [0.25, 0.3) is 0 Å². The van der Waals surface area contributed by atoms with Gasteiger partial charge in [-0.25, -0.2) is 13.8 Å². The molecule has 5 heteroatoms. The molecule has 2 aromatic rings. The minimum Gasteiger partial charge on any atom is -0.313 e. The molecule has 0 bridgehead atoms. The van der Waals surface area contributed by atoms with Crippen LogP contribution in [0.15, 0.2) is 23.6 Å². The molecule has 1 atom stereocenters. The first kappa shape index (κ1) is 16.0. The molecular weight excluding hydrogens is 290 g/mol. The first-order valence-electron chi connectivity index (χ1n) is 7.16. The lowest BCUT2D eigenvalue weighted by molar-refractivity contribution is 0.486. The number of nitrogens with zero attached hydrogens (tertiary/aromatic N) is 1. The molecule has 0 aliphatic carbocycles. The number of nitrogens with one attached hydrogen (secondary N) is 1. The molecule has 114 valence electrons. The molecule has 0 saturated carbocycles. The van der Waals surface area contributed by atoms with E-state index in [1.807, 2.05) is 12.3 Å². The summed E-state index contributed by atoms with van der Waals surface area (Å²) in [4.78, 5) is 4.46. The normalized spacial score (nSPS) is 12.6. The molecule has 0 fully saturated rings. The fourth-order valence-electron chi connectivity index (χ4n) is 2.27. The maximum atomic E-state index is 13.8. The summed E-state index contributed by atoms with van der Waals surface area (Å²) in [5.41, 5.74) is 1.56. The number of halogens is 2. The van der Waals surface area contributed by atoms with Crippen LogP contribution >= 0.6 is 11.3 Å². The van der Waals surface area contributed by atoms with Crippen molar-refractivity contribution in [3.8, 4) is 0 Å². The van der Waals surface area contributed by atoms with Crippen LogP contribution in [0.5, 0.6) is 0 Å². The molecule has 1 N–H and O–H groups in total. The largest absolute Gasteiger partial charge is 0.313 e. The smallest absolute Gasteiger partial charge is 0.129 e. The Balaban J connectivity index is 2.08. The minimum atomic E-state index is -0.538. The van der Waals surface area contributed by atoms with E-state index in [1.165, 1.54) is 12.1 Å². The fraction of sp³-hybridized carbons (Fsp3) is 0.438. The van der Waals surface area contributed by atoms with Crippen molar-refractivity contribution in [1.29, 1.82) is 0 Å². The monoisotopic (exact) mass is 310 g/mol. The van der Waals surface area contributed by atoms with Crippen LogP contribution in [0.2, 0.25) is 0 Å². The summed E-state index contributed by atoms with van der Waals surface area (Å²) in [5, 5.41) is 6.49. The third-order valence-electron chi connectivity index (χ3n) is 3.29. The van der Waals surface area contributed by atoms with Crippen molar-refractivity contribution in [2.24, 2.45) is 0 Å². The van der Waals surface area contributed by atoms with Crippen molar-refractivity contribution in [3.63, 3.8) is 0 Å². The van der Waals surface area contributed by atoms with Crippen LogP contribution in [0, 0.1) is 18.6 Å². The molecule has 0 spiro atoms. The van der Waals surface area contributed by atoms with Crippen LogP contribution in [0.25, 0.3) is 0 Å². The van der Waals surface area contributed by atoms with Crippen LogP contribution in [0.1, 0.15) is 29.6 Å². The zero-order valence-electron chi connectivity index (χ0n) is 12.3. The second-order valence-electron chi connectivity index (χ2n) is 5.15. The Morgan fingerprint density at radius 1 is 1.29 bits per heavy atom. The van der Waals surface area contributed by atoms with E-state index >= 15 is 0 Å². The molecule has 2 rings (SSSR count). The standard InChI is InChI=1S/C16H20F2N2S/c1-3-6-19-14(9-15-10-21-11(2)20-15)7-12-4-5-13(17)8-16(12)18/h4-5,8,10,14,19H,3,6-7,9H2,1-2H3. The quantitative estimate of drug-likeness (QED) is 0.839. The van der Waals surface area contributed by atoms with Gasteiger partial charge in [0.05, 0.1) is 10.7 Å². The maximum absolute atomic E-state index is 13.8. The van der Waals surface area contributed by atoms with E-state index in [1.54, 1.807) is 11.3 Å². The molecule has 2 nitrogen and oxygen atoms in total. The average Bonchev–Trinajstić information content (AvgIpc) is 2.84. The molecule has 0 aliphatic rings. The summed E-state index contributed by atoms with van der Waals surface area (Å²) in [5.74, 6) is -1.02. The number of aryl methyl sites for hydroxylation is 1. The van der Waals surface area contributed by atoms with Gasteiger partial charge in [0, 0.05) is 23.9 Å². The Hall–Kier alpha value is -1.33. The predicted molar refractivity (Wildman–Crippen MR) is 82.7 cm³/mol. The van der Waals surface area contributed by atoms with E-state index in [-0.39, 0.29) is 6.04 Å². The van der Waals surface area contributed by atoms with Crippen LogP contribution in [0.3, 0.4) is 0 Å². The van der Waals surface area contributed by atoms with E-state index in [9.17, 15) is 8.78 Å². The SMILES string of the molecule is CCCNC(Cc1csc(C)n1)Cc1ccc(F)cc1F. The topological polar surface area (TPSA) is 24.9 Å². The molecule has 1 unspecified atom stereocenters. The number of benzene rings is 1. The molecule has 0 amide bonds. The van der Waals surface area contributed by atoms with Crippen molar-refractivity contribution in [2.45, 2.75) is 39.2 Å². The highest BCUT2D eigenvalue weighted by molar-refractivity contribution is 7.09. The highest BCUT2D eigenvalue weighted by Crippen LogP contribution is 2.15. The van der Waals surface area contributed by atoms with E-state index in [4.69, 9.17) is 0 Å². The zero-order valence-corrected chi connectivity index (χ0v) is 13.1. The summed E-state index contributed by atoms with van der Waals surface area (Å²) in [6, 6.07) is 3.88. The van der Waals surface area contributed by atoms with Gasteiger partial charge in [-0.05, 0) is 37.9 Å². The Morgan fingerprint density at radius 2 is 2.10 bits per heavy atom. The summed E-state index contributed by atoms with van der Waals surface area (Å²) in [7, 11) is 0. The van der Waals surface area contributed by atoms with Gasteiger partial charge in [0.2, 0.25) is 0 Å². The molecule has 1 heterocycles. The lowest BCUT2D eigenvalue weighted by Gasteiger charge is -2.18. The first-order valence-corrected chi connectivity index (χ1v) is 8.04. The first-order chi connectivity index (χ1) is 10.1. The fourth-order valence-corrected chi connectivity index (χ4v) is 2.90. The lowest BCUT2D eigenvalue weighted by atomic mass is 10.0. The van der Waals surface area contributed by atoms with Crippen LogP contribution in [-0.2, 0) is 12.8 Å². The third kappa shape index (κ3) is 4.86. The number of hydrogen-bond acceptors (Lipinski definition) is 3.